The lowest BCUT2D eigenvalue weighted by Gasteiger charge is -2.26. The lowest BCUT2D eigenvalue weighted by Crippen LogP contribution is -2.34. The van der Waals surface area contributed by atoms with Gasteiger partial charge < -0.3 is 15.2 Å². The topological polar surface area (TPSA) is 75.6 Å². The van der Waals surface area contributed by atoms with E-state index in [2.05, 4.69) is 5.32 Å². The van der Waals surface area contributed by atoms with E-state index in [9.17, 15) is 27.9 Å². The molecule has 0 saturated carbocycles. The minimum atomic E-state index is -2.75. The van der Waals surface area contributed by atoms with Gasteiger partial charge in [0.2, 0.25) is 5.91 Å². The molecule has 134 valence electrons. The molecule has 0 aliphatic heterocycles. The Labute approximate surface area is 137 Å². The predicted molar refractivity (Wildman–Crippen MR) is 81.8 cm³/mol. The van der Waals surface area contributed by atoms with E-state index in [0.29, 0.717) is 0 Å². The van der Waals surface area contributed by atoms with Crippen LogP contribution < -0.4 is 10.1 Å². The van der Waals surface area contributed by atoms with Crippen LogP contribution in [0, 0.1) is 11.2 Å². The number of carboxylic acid groups (broad SMARTS) is 1. The molecule has 0 unspecified atom stereocenters. The zero-order valence-electron chi connectivity index (χ0n) is 13.4. The minimum Gasteiger partial charge on any atom is -0.485 e. The van der Waals surface area contributed by atoms with E-state index in [-0.39, 0.29) is 30.7 Å². The number of carbonyl (C=O) groups is 2. The molecule has 0 aromatic heterocycles. The van der Waals surface area contributed by atoms with Crippen LogP contribution in [0.2, 0.25) is 0 Å². The summed E-state index contributed by atoms with van der Waals surface area (Å²) in [5.41, 5.74) is -1.21. The number of benzene rings is 1. The number of halogens is 3. The van der Waals surface area contributed by atoms with Crippen molar-refractivity contribution < 1.29 is 32.6 Å². The SMILES string of the molecule is CCC(CC)(CC(=O)Nc1ccc(F)cc1OCC(F)F)C(=O)O. The first-order valence-corrected chi connectivity index (χ1v) is 7.47. The monoisotopic (exact) mass is 347 g/mol. The molecule has 0 atom stereocenters. The highest BCUT2D eigenvalue weighted by atomic mass is 19.3. The van der Waals surface area contributed by atoms with Gasteiger partial charge in [-0.05, 0) is 25.0 Å². The molecule has 0 heterocycles. The molecule has 0 spiro atoms. The first kappa shape index (κ1) is 19.8. The number of aliphatic carboxylic acids is 1. The fourth-order valence-corrected chi connectivity index (χ4v) is 2.25. The van der Waals surface area contributed by atoms with Gasteiger partial charge in [-0.2, -0.15) is 0 Å². The van der Waals surface area contributed by atoms with Crippen molar-refractivity contribution in [3.63, 3.8) is 0 Å². The highest BCUT2D eigenvalue weighted by Gasteiger charge is 2.37. The van der Waals surface area contributed by atoms with E-state index < -0.39 is 36.1 Å². The molecular weight excluding hydrogens is 327 g/mol. The van der Waals surface area contributed by atoms with Gasteiger partial charge in [0.1, 0.15) is 18.2 Å². The molecule has 8 heteroatoms. The summed E-state index contributed by atoms with van der Waals surface area (Å²) in [6, 6.07) is 3.09. The Hall–Kier alpha value is -2.25. The van der Waals surface area contributed by atoms with Gasteiger partial charge >= 0.3 is 5.97 Å². The van der Waals surface area contributed by atoms with Crippen LogP contribution in [0.4, 0.5) is 18.9 Å². The van der Waals surface area contributed by atoms with Crippen molar-refractivity contribution in [3.8, 4) is 5.75 Å². The number of carboxylic acids is 1. The van der Waals surface area contributed by atoms with Gasteiger partial charge in [0, 0.05) is 12.5 Å². The molecule has 0 fully saturated rings. The Morgan fingerprint density at radius 3 is 2.42 bits per heavy atom. The number of anilines is 1. The highest BCUT2D eigenvalue weighted by molar-refractivity contribution is 5.95. The second-order valence-corrected chi connectivity index (χ2v) is 5.36. The number of alkyl halides is 2. The number of rotatable bonds is 9. The van der Waals surface area contributed by atoms with Gasteiger partial charge in [0.05, 0.1) is 11.1 Å². The highest BCUT2D eigenvalue weighted by Crippen LogP contribution is 2.32. The molecule has 0 aliphatic carbocycles. The van der Waals surface area contributed by atoms with E-state index in [0.717, 1.165) is 12.1 Å². The summed E-state index contributed by atoms with van der Waals surface area (Å²) in [6.45, 7) is 2.38. The molecular formula is C16H20F3NO4. The van der Waals surface area contributed by atoms with Crippen molar-refractivity contribution in [3.05, 3.63) is 24.0 Å². The van der Waals surface area contributed by atoms with Gasteiger partial charge in [-0.25, -0.2) is 13.2 Å². The van der Waals surface area contributed by atoms with Crippen LogP contribution in [0.15, 0.2) is 18.2 Å². The first-order chi connectivity index (χ1) is 11.2. The van der Waals surface area contributed by atoms with Gasteiger partial charge in [-0.3, -0.25) is 9.59 Å². The molecule has 0 bridgehead atoms. The third kappa shape index (κ3) is 5.14. The Balaban J connectivity index is 2.91. The Morgan fingerprint density at radius 2 is 1.92 bits per heavy atom. The molecule has 0 aliphatic rings. The smallest absolute Gasteiger partial charge is 0.310 e. The standard InChI is InChI=1S/C16H20F3NO4/c1-3-16(4-2,15(22)23)8-14(21)20-11-6-5-10(17)7-12(11)24-9-13(18)19/h5-7,13H,3-4,8-9H2,1-2H3,(H,20,21)(H,22,23). The van der Waals surface area contributed by atoms with Crippen molar-refractivity contribution in [2.24, 2.45) is 5.41 Å². The van der Waals surface area contributed by atoms with Crippen molar-refractivity contribution in [1.29, 1.82) is 0 Å². The number of amides is 1. The fraction of sp³-hybridized carbons (Fsp3) is 0.500. The summed E-state index contributed by atoms with van der Waals surface area (Å²) >= 11 is 0. The van der Waals surface area contributed by atoms with E-state index in [1.54, 1.807) is 13.8 Å². The third-order valence-electron chi connectivity index (χ3n) is 3.89. The summed E-state index contributed by atoms with van der Waals surface area (Å²) in [5.74, 6) is -2.65. The third-order valence-corrected chi connectivity index (χ3v) is 3.89. The fourth-order valence-electron chi connectivity index (χ4n) is 2.25. The van der Waals surface area contributed by atoms with Crippen LogP contribution in [0.1, 0.15) is 33.1 Å². The van der Waals surface area contributed by atoms with Gasteiger partial charge in [0.15, 0.2) is 0 Å². The zero-order chi connectivity index (χ0) is 18.3. The second-order valence-electron chi connectivity index (χ2n) is 5.36. The predicted octanol–water partition coefficient (Wildman–Crippen LogP) is 3.69. The molecule has 1 rings (SSSR count). The van der Waals surface area contributed by atoms with Crippen LogP contribution in [-0.2, 0) is 9.59 Å². The average Bonchev–Trinajstić information content (AvgIpc) is 2.52. The number of carbonyl (C=O) groups excluding carboxylic acids is 1. The summed E-state index contributed by atoms with van der Waals surface area (Å²) in [6.07, 6.45) is -2.54. The summed E-state index contributed by atoms with van der Waals surface area (Å²) in [5, 5.41) is 11.7. The summed E-state index contributed by atoms with van der Waals surface area (Å²) < 4.78 is 42.5. The Morgan fingerprint density at radius 1 is 1.29 bits per heavy atom. The van der Waals surface area contributed by atoms with E-state index in [4.69, 9.17) is 4.74 Å². The van der Waals surface area contributed by atoms with Gasteiger partial charge in [-0.15, -0.1) is 0 Å². The molecule has 0 radical (unpaired) electrons. The summed E-state index contributed by atoms with van der Waals surface area (Å²) in [4.78, 5) is 23.6. The molecule has 1 aromatic carbocycles. The molecule has 2 N–H and O–H groups in total. The number of hydrogen-bond acceptors (Lipinski definition) is 3. The largest absolute Gasteiger partial charge is 0.485 e. The molecule has 24 heavy (non-hydrogen) atoms. The minimum absolute atomic E-state index is 0.00791. The zero-order valence-corrected chi connectivity index (χ0v) is 13.4. The normalized spacial score (nSPS) is 11.4. The van der Waals surface area contributed by atoms with Crippen molar-refractivity contribution in [2.45, 2.75) is 39.5 Å². The molecule has 5 nitrogen and oxygen atoms in total. The van der Waals surface area contributed by atoms with Gasteiger partial charge in [0.25, 0.3) is 6.43 Å². The maximum absolute atomic E-state index is 13.2. The lowest BCUT2D eigenvalue weighted by molar-refractivity contribution is -0.151. The number of nitrogens with one attached hydrogen (secondary N) is 1. The average molecular weight is 347 g/mol. The van der Waals surface area contributed by atoms with Crippen LogP contribution in [0.25, 0.3) is 0 Å². The van der Waals surface area contributed by atoms with Gasteiger partial charge in [-0.1, -0.05) is 13.8 Å². The quantitative estimate of drug-likeness (QED) is 0.714. The molecule has 1 amide bonds. The van der Waals surface area contributed by atoms with Crippen LogP contribution >= 0.6 is 0 Å². The van der Waals surface area contributed by atoms with Crippen molar-refractivity contribution in [2.75, 3.05) is 11.9 Å². The van der Waals surface area contributed by atoms with Crippen molar-refractivity contribution in [1.82, 2.24) is 0 Å². The Bertz CT molecular complexity index is 589. The number of hydrogen-bond donors (Lipinski definition) is 2. The number of ether oxygens (including phenoxy) is 1. The molecule has 0 saturated heterocycles. The summed E-state index contributed by atoms with van der Waals surface area (Å²) in [7, 11) is 0. The van der Waals surface area contributed by atoms with E-state index in [1.165, 1.54) is 6.07 Å². The maximum atomic E-state index is 13.2. The van der Waals surface area contributed by atoms with E-state index in [1.807, 2.05) is 0 Å². The maximum Gasteiger partial charge on any atom is 0.310 e. The second kappa shape index (κ2) is 8.56. The van der Waals surface area contributed by atoms with Crippen LogP contribution in [0.3, 0.4) is 0 Å². The van der Waals surface area contributed by atoms with Crippen molar-refractivity contribution >= 4 is 17.6 Å². The lowest BCUT2D eigenvalue weighted by atomic mass is 9.79. The van der Waals surface area contributed by atoms with E-state index >= 15 is 0 Å². The Kier molecular flexibility index (Phi) is 7.06. The first-order valence-electron chi connectivity index (χ1n) is 7.47. The van der Waals surface area contributed by atoms with Crippen LogP contribution in [0.5, 0.6) is 5.75 Å². The van der Waals surface area contributed by atoms with Crippen LogP contribution in [-0.4, -0.2) is 30.0 Å². The molecule has 1 aromatic rings.